The molecule has 0 radical (unpaired) electrons. The normalized spacial score (nSPS) is 11.5. The number of benzene rings is 1. The van der Waals surface area contributed by atoms with Crippen LogP contribution in [0.5, 0.6) is 0 Å². The van der Waals surface area contributed by atoms with Crippen LogP contribution < -0.4 is 16.0 Å². The Bertz CT molecular complexity index is 942. The number of halogens is 2. The molecule has 1 aromatic carbocycles. The van der Waals surface area contributed by atoms with Gasteiger partial charge in [-0.3, -0.25) is 9.36 Å². The Balaban J connectivity index is 2.50. The number of primary sulfonamides is 1. The van der Waals surface area contributed by atoms with E-state index in [-0.39, 0.29) is 23.4 Å². The van der Waals surface area contributed by atoms with Crippen molar-refractivity contribution in [3.05, 3.63) is 55.1 Å². The van der Waals surface area contributed by atoms with Crippen LogP contribution in [0.2, 0.25) is 0 Å². The maximum absolute atomic E-state index is 14.1. The van der Waals surface area contributed by atoms with Crippen molar-refractivity contribution >= 4 is 44.1 Å². The summed E-state index contributed by atoms with van der Waals surface area (Å²) < 4.78 is 38.6. The minimum Gasteiger partial charge on any atom is -0.339 e. The lowest BCUT2D eigenvalue weighted by Gasteiger charge is -2.17. The van der Waals surface area contributed by atoms with Crippen molar-refractivity contribution < 1.29 is 12.8 Å². The van der Waals surface area contributed by atoms with Gasteiger partial charge in [0.2, 0.25) is 10.0 Å². The molecule has 2 aromatic rings. The molecule has 0 spiro atoms. The molecule has 6 nitrogen and oxygen atoms in total. The summed E-state index contributed by atoms with van der Waals surface area (Å²) in [5.74, 6) is -0.393. The molecule has 0 aliphatic heterocycles. The van der Waals surface area contributed by atoms with E-state index in [1.807, 2.05) is 22.6 Å². The monoisotopic (exact) mass is 465 g/mol. The predicted octanol–water partition coefficient (Wildman–Crippen LogP) is 2.01. The Kier molecular flexibility index (Phi) is 5.66. The Morgan fingerprint density at radius 1 is 1.33 bits per heavy atom. The van der Waals surface area contributed by atoms with Crippen LogP contribution in [0.1, 0.15) is 11.1 Å². The summed E-state index contributed by atoms with van der Waals surface area (Å²) in [5, 5.41) is 7.94. The van der Waals surface area contributed by atoms with Gasteiger partial charge in [-0.05, 0) is 65.8 Å². The molecule has 24 heavy (non-hydrogen) atoms. The molecule has 0 unspecified atom stereocenters. The third kappa shape index (κ3) is 4.54. The molecule has 130 valence electrons. The van der Waals surface area contributed by atoms with Crippen molar-refractivity contribution in [2.45, 2.75) is 13.3 Å². The van der Waals surface area contributed by atoms with Crippen molar-refractivity contribution in [1.82, 2.24) is 4.57 Å². The van der Waals surface area contributed by atoms with E-state index in [2.05, 4.69) is 5.32 Å². The van der Waals surface area contributed by atoms with Crippen molar-refractivity contribution in [2.75, 3.05) is 11.1 Å². The highest BCUT2D eigenvalue weighted by molar-refractivity contribution is 14.1. The summed E-state index contributed by atoms with van der Waals surface area (Å²) in [6.45, 7) is 1.64. The maximum atomic E-state index is 14.1. The molecule has 1 heterocycles. The fraction of sp³-hybridized carbons (Fsp3) is 0.267. The first-order valence-corrected chi connectivity index (χ1v) is 9.80. The molecule has 0 fully saturated rings. The molecule has 0 saturated heterocycles. The number of anilines is 2. The lowest BCUT2D eigenvalue weighted by atomic mass is 10.1. The van der Waals surface area contributed by atoms with E-state index in [1.165, 1.54) is 10.6 Å². The summed E-state index contributed by atoms with van der Waals surface area (Å²) in [6, 6.07) is 6.24. The first kappa shape index (κ1) is 18.9. The van der Waals surface area contributed by atoms with Gasteiger partial charge in [-0.2, -0.15) is 0 Å². The third-order valence-electron chi connectivity index (χ3n) is 3.51. The number of nitrogens with two attached hydrogens (primary N) is 1. The van der Waals surface area contributed by atoms with Gasteiger partial charge in [0, 0.05) is 16.2 Å². The van der Waals surface area contributed by atoms with Crippen LogP contribution in [0.4, 0.5) is 15.9 Å². The van der Waals surface area contributed by atoms with Crippen LogP contribution in [-0.4, -0.2) is 18.7 Å². The summed E-state index contributed by atoms with van der Waals surface area (Å²) in [6.07, 6.45) is 0.113. The van der Waals surface area contributed by atoms with Crippen molar-refractivity contribution in [1.29, 1.82) is 0 Å². The van der Waals surface area contributed by atoms with Gasteiger partial charge in [0.25, 0.3) is 5.56 Å². The molecule has 0 aliphatic rings. The van der Waals surface area contributed by atoms with Crippen LogP contribution in [0.15, 0.2) is 29.1 Å². The first-order chi connectivity index (χ1) is 11.1. The van der Waals surface area contributed by atoms with E-state index in [0.717, 1.165) is 3.57 Å². The SMILES string of the molecule is Cc1cc(CCS(N)(=O)=O)c(Nc2ccc(I)cc2F)n(C)c1=O. The Labute approximate surface area is 153 Å². The van der Waals surface area contributed by atoms with E-state index in [1.54, 1.807) is 32.2 Å². The first-order valence-electron chi connectivity index (χ1n) is 7.00. The predicted molar refractivity (Wildman–Crippen MR) is 100 cm³/mol. The standard InChI is InChI=1S/C15H17FIN3O3S/c1-9-7-10(5-6-24(18,22)23)14(20(2)15(9)21)19-13-4-3-11(17)8-12(13)16/h3-4,7-8,19H,5-6H2,1-2H3,(H2,18,22,23). The van der Waals surface area contributed by atoms with Crippen LogP contribution in [0.3, 0.4) is 0 Å². The van der Waals surface area contributed by atoms with Gasteiger partial charge in [-0.1, -0.05) is 0 Å². The molecular formula is C15H17FIN3O3S. The van der Waals surface area contributed by atoms with E-state index >= 15 is 0 Å². The number of pyridine rings is 1. The second-order valence-electron chi connectivity index (χ2n) is 5.43. The zero-order valence-corrected chi connectivity index (χ0v) is 16.1. The van der Waals surface area contributed by atoms with E-state index < -0.39 is 15.8 Å². The number of aromatic nitrogens is 1. The Hall–Kier alpha value is -1.46. The fourth-order valence-corrected chi connectivity index (χ4v) is 3.26. The average molecular weight is 465 g/mol. The second-order valence-corrected chi connectivity index (χ2v) is 8.41. The third-order valence-corrected chi connectivity index (χ3v) is 4.96. The number of nitrogens with one attached hydrogen (secondary N) is 1. The molecule has 0 atom stereocenters. The Morgan fingerprint density at radius 3 is 2.58 bits per heavy atom. The van der Waals surface area contributed by atoms with Crippen LogP contribution >= 0.6 is 22.6 Å². The molecule has 2 rings (SSSR count). The van der Waals surface area contributed by atoms with Gasteiger partial charge in [-0.25, -0.2) is 17.9 Å². The number of hydrogen-bond donors (Lipinski definition) is 2. The van der Waals surface area contributed by atoms with Crippen molar-refractivity contribution in [3.63, 3.8) is 0 Å². The second kappa shape index (κ2) is 7.19. The summed E-state index contributed by atoms with van der Waals surface area (Å²) in [5.41, 5.74) is 0.992. The van der Waals surface area contributed by atoms with Crippen LogP contribution in [-0.2, 0) is 23.5 Å². The number of hydrogen-bond acceptors (Lipinski definition) is 4. The minimum atomic E-state index is -3.65. The maximum Gasteiger partial charge on any atom is 0.254 e. The van der Waals surface area contributed by atoms with Gasteiger partial charge < -0.3 is 5.32 Å². The summed E-state index contributed by atoms with van der Waals surface area (Å²) in [7, 11) is -2.11. The van der Waals surface area contributed by atoms with E-state index in [4.69, 9.17) is 5.14 Å². The van der Waals surface area contributed by atoms with Gasteiger partial charge in [-0.15, -0.1) is 0 Å². The van der Waals surface area contributed by atoms with Crippen molar-refractivity contribution in [3.8, 4) is 0 Å². The number of sulfonamides is 1. The van der Waals surface area contributed by atoms with Gasteiger partial charge in [0.05, 0.1) is 11.4 Å². The molecule has 1 aromatic heterocycles. The van der Waals surface area contributed by atoms with E-state index in [9.17, 15) is 17.6 Å². The lowest BCUT2D eigenvalue weighted by molar-refractivity contribution is 0.597. The molecule has 0 bridgehead atoms. The van der Waals surface area contributed by atoms with Crippen molar-refractivity contribution in [2.24, 2.45) is 12.2 Å². The average Bonchev–Trinajstić information content (AvgIpc) is 2.47. The van der Waals surface area contributed by atoms with Crippen LogP contribution in [0.25, 0.3) is 0 Å². The topological polar surface area (TPSA) is 94.2 Å². The number of rotatable bonds is 5. The van der Waals surface area contributed by atoms with E-state index in [0.29, 0.717) is 16.9 Å². The molecule has 3 N–H and O–H groups in total. The molecular weight excluding hydrogens is 448 g/mol. The fourth-order valence-electron chi connectivity index (χ4n) is 2.30. The largest absolute Gasteiger partial charge is 0.339 e. The highest BCUT2D eigenvalue weighted by Crippen LogP contribution is 2.24. The molecule has 0 amide bonds. The lowest BCUT2D eigenvalue weighted by Crippen LogP contribution is -2.25. The van der Waals surface area contributed by atoms with Crippen LogP contribution in [0, 0.1) is 16.3 Å². The quantitative estimate of drug-likeness (QED) is 0.661. The molecule has 0 aliphatic carbocycles. The molecule has 9 heteroatoms. The highest BCUT2D eigenvalue weighted by atomic mass is 127. The van der Waals surface area contributed by atoms with Gasteiger partial charge in [0.15, 0.2) is 0 Å². The molecule has 0 saturated carbocycles. The zero-order valence-electron chi connectivity index (χ0n) is 13.1. The highest BCUT2D eigenvalue weighted by Gasteiger charge is 2.15. The Morgan fingerprint density at radius 2 is 2.00 bits per heavy atom. The zero-order chi connectivity index (χ0) is 18.1. The van der Waals surface area contributed by atoms with Gasteiger partial charge >= 0.3 is 0 Å². The minimum absolute atomic E-state index is 0.113. The summed E-state index contributed by atoms with van der Waals surface area (Å²) in [4.78, 5) is 12.2. The summed E-state index contributed by atoms with van der Waals surface area (Å²) >= 11 is 1.99. The number of aryl methyl sites for hydroxylation is 2. The number of nitrogens with zero attached hydrogens (tertiary/aromatic N) is 1. The van der Waals surface area contributed by atoms with Gasteiger partial charge in [0.1, 0.15) is 11.6 Å². The smallest absolute Gasteiger partial charge is 0.254 e.